The smallest absolute Gasteiger partial charge is 0.214 e. The van der Waals surface area contributed by atoms with E-state index in [-0.39, 0.29) is 11.9 Å². The van der Waals surface area contributed by atoms with E-state index in [0.717, 1.165) is 5.56 Å². The van der Waals surface area contributed by atoms with E-state index in [1.165, 1.54) is 7.11 Å². The molecule has 0 unspecified atom stereocenters. The van der Waals surface area contributed by atoms with Crippen LogP contribution in [0.4, 0.5) is 0 Å². The van der Waals surface area contributed by atoms with Crippen molar-refractivity contribution in [2.45, 2.75) is 19.6 Å². The molecule has 4 nitrogen and oxygen atoms in total. The van der Waals surface area contributed by atoms with Crippen molar-refractivity contribution in [3.8, 4) is 0 Å². The number of hydrogen-bond donors (Lipinski definition) is 1. The second-order valence-corrected chi connectivity index (χ2v) is 5.49. The van der Waals surface area contributed by atoms with Crippen molar-refractivity contribution in [2.75, 3.05) is 12.9 Å². The highest BCUT2D eigenvalue weighted by Crippen LogP contribution is 2.00. The molecule has 0 aromatic heterocycles. The fourth-order valence-electron chi connectivity index (χ4n) is 1.23. The number of rotatable bonds is 6. The van der Waals surface area contributed by atoms with Gasteiger partial charge >= 0.3 is 0 Å². The van der Waals surface area contributed by atoms with E-state index < -0.39 is 10.0 Å². The first-order valence-electron chi connectivity index (χ1n) is 5.07. The van der Waals surface area contributed by atoms with Gasteiger partial charge in [0.15, 0.2) is 0 Å². The lowest BCUT2D eigenvalue weighted by Crippen LogP contribution is -2.31. The molecule has 0 amide bonds. The van der Waals surface area contributed by atoms with Crippen LogP contribution < -0.4 is 4.72 Å². The summed E-state index contributed by atoms with van der Waals surface area (Å²) in [5.74, 6) is -0.0175. The van der Waals surface area contributed by atoms with Crippen LogP contribution in [0.5, 0.6) is 0 Å². The highest BCUT2D eigenvalue weighted by atomic mass is 32.2. The van der Waals surface area contributed by atoms with Crippen LogP contribution in [0.15, 0.2) is 30.3 Å². The molecule has 0 aliphatic rings. The normalized spacial score (nSPS) is 13.6. The Morgan fingerprint density at radius 3 is 2.50 bits per heavy atom. The summed E-state index contributed by atoms with van der Waals surface area (Å²) in [7, 11) is -1.77. The molecule has 90 valence electrons. The van der Waals surface area contributed by atoms with Gasteiger partial charge in [0.1, 0.15) is 0 Å². The number of hydrogen-bond acceptors (Lipinski definition) is 3. The van der Waals surface area contributed by atoms with Crippen molar-refractivity contribution >= 4 is 10.0 Å². The maximum Gasteiger partial charge on any atom is 0.214 e. The first-order valence-corrected chi connectivity index (χ1v) is 6.73. The van der Waals surface area contributed by atoms with Crippen molar-refractivity contribution < 1.29 is 13.2 Å². The molecule has 0 radical (unpaired) electrons. The minimum Gasteiger partial charge on any atom is -0.381 e. The zero-order valence-corrected chi connectivity index (χ0v) is 10.3. The van der Waals surface area contributed by atoms with Crippen LogP contribution in [0.25, 0.3) is 0 Å². The van der Waals surface area contributed by atoms with E-state index in [0.29, 0.717) is 6.54 Å². The van der Waals surface area contributed by atoms with E-state index in [2.05, 4.69) is 4.72 Å². The SMILES string of the molecule is CO[C@@H](C)CS(=O)(=O)NCc1ccccc1. The lowest BCUT2D eigenvalue weighted by molar-refractivity contribution is 0.136. The van der Waals surface area contributed by atoms with Gasteiger partial charge in [-0.2, -0.15) is 0 Å². The van der Waals surface area contributed by atoms with Crippen LogP contribution in [0, 0.1) is 0 Å². The van der Waals surface area contributed by atoms with Gasteiger partial charge < -0.3 is 4.74 Å². The Labute approximate surface area is 96.7 Å². The monoisotopic (exact) mass is 243 g/mol. The molecule has 0 aliphatic carbocycles. The summed E-state index contributed by atoms with van der Waals surface area (Å²) in [6, 6.07) is 9.40. The third-order valence-corrected chi connectivity index (χ3v) is 3.69. The molecule has 1 atom stereocenters. The Morgan fingerprint density at radius 2 is 1.94 bits per heavy atom. The van der Waals surface area contributed by atoms with Crippen molar-refractivity contribution in [3.63, 3.8) is 0 Å². The number of sulfonamides is 1. The summed E-state index contributed by atoms with van der Waals surface area (Å²) < 4.78 is 30.6. The zero-order chi connectivity index (χ0) is 12.0. The van der Waals surface area contributed by atoms with Crippen LogP contribution in [0.3, 0.4) is 0 Å². The topological polar surface area (TPSA) is 55.4 Å². The van der Waals surface area contributed by atoms with Crippen molar-refractivity contribution in [1.82, 2.24) is 4.72 Å². The fourth-order valence-corrected chi connectivity index (χ4v) is 2.48. The Hall–Kier alpha value is -0.910. The Morgan fingerprint density at radius 1 is 1.31 bits per heavy atom. The minimum atomic E-state index is -3.27. The van der Waals surface area contributed by atoms with Gasteiger partial charge in [-0.3, -0.25) is 0 Å². The second-order valence-electron chi connectivity index (χ2n) is 3.63. The van der Waals surface area contributed by atoms with Crippen LogP contribution >= 0.6 is 0 Å². The van der Waals surface area contributed by atoms with E-state index >= 15 is 0 Å². The van der Waals surface area contributed by atoms with E-state index in [1.54, 1.807) is 6.92 Å². The second kappa shape index (κ2) is 5.98. The predicted molar refractivity (Wildman–Crippen MR) is 63.5 cm³/mol. The number of methoxy groups -OCH3 is 1. The third kappa shape index (κ3) is 4.74. The van der Waals surface area contributed by atoms with Crippen molar-refractivity contribution in [1.29, 1.82) is 0 Å². The molecule has 1 rings (SSSR count). The summed E-state index contributed by atoms with van der Waals surface area (Å²) in [6.45, 7) is 2.04. The van der Waals surface area contributed by atoms with Crippen LogP contribution in [0.2, 0.25) is 0 Å². The molecular weight excluding hydrogens is 226 g/mol. The summed E-state index contributed by atoms with van der Waals surface area (Å²) in [5.41, 5.74) is 0.941. The van der Waals surface area contributed by atoms with Crippen molar-refractivity contribution in [3.05, 3.63) is 35.9 Å². The summed E-state index contributed by atoms with van der Waals surface area (Å²) in [6.07, 6.45) is -0.298. The summed E-state index contributed by atoms with van der Waals surface area (Å²) in [4.78, 5) is 0. The number of benzene rings is 1. The van der Waals surface area contributed by atoms with E-state index in [9.17, 15) is 8.42 Å². The van der Waals surface area contributed by atoms with Gasteiger partial charge in [0, 0.05) is 13.7 Å². The molecule has 1 aromatic carbocycles. The molecule has 0 heterocycles. The Kier molecular flexibility index (Phi) is 4.92. The first kappa shape index (κ1) is 13.2. The lowest BCUT2D eigenvalue weighted by atomic mass is 10.2. The summed E-state index contributed by atoms with van der Waals surface area (Å²) in [5, 5.41) is 0. The molecule has 0 aliphatic heterocycles. The van der Waals surface area contributed by atoms with E-state index in [1.807, 2.05) is 30.3 Å². The molecule has 5 heteroatoms. The first-order chi connectivity index (χ1) is 7.53. The Bertz CT molecular complexity index is 402. The van der Waals surface area contributed by atoms with Gasteiger partial charge in [0.2, 0.25) is 10.0 Å². The standard InChI is InChI=1S/C11H17NO3S/c1-10(15-2)9-16(13,14)12-8-11-6-4-3-5-7-11/h3-7,10,12H,8-9H2,1-2H3/t10-/m0/s1. The van der Waals surface area contributed by atoms with Crippen LogP contribution in [-0.2, 0) is 21.3 Å². The van der Waals surface area contributed by atoms with Gasteiger partial charge in [-0.25, -0.2) is 13.1 Å². The van der Waals surface area contributed by atoms with Gasteiger partial charge in [-0.15, -0.1) is 0 Å². The molecule has 1 N–H and O–H groups in total. The third-order valence-electron chi connectivity index (χ3n) is 2.20. The maximum absolute atomic E-state index is 11.6. The fraction of sp³-hybridized carbons (Fsp3) is 0.455. The molecule has 16 heavy (non-hydrogen) atoms. The van der Waals surface area contributed by atoms with Gasteiger partial charge in [-0.1, -0.05) is 30.3 Å². The number of nitrogens with one attached hydrogen (secondary N) is 1. The van der Waals surface area contributed by atoms with Gasteiger partial charge in [0.05, 0.1) is 11.9 Å². The molecular formula is C11H17NO3S. The molecule has 0 saturated carbocycles. The molecule has 0 spiro atoms. The average Bonchev–Trinajstić information content (AvgIpc) is 2.27. The minimum absolute atomic E-state index is 0.0175. The molecule has 0 bridgehead atoms. The lowest BCUT2D eigenvalue weighted by Gasteiger charge is -2.11. The summed E-state index contributed by atoms with van der Waals surface area (Å²) >= 11 is 0. The van der Waals surface area contributed by atoms with E-state index in [4.69, 9.17) is 4.74 Å². The largest absolute Gasteiger partial charge is 0.381 e. The van der Waals surface area contributed by atoms with Crippen LogP contribution in [-0.4, -0.2) is 27.4 Å². The molecule has 1 aromatic rings. The van der Waals surface area contributed by atoms with Crippen LogP contribution in [0.1, 0.15) is 12.5 Å². The Balaban J connectivity index is 2.49. The van der Waals surface area contributed by atoms with Gasteiger partial charge in [0.25, 0.3) is 0 Å². The highest BCUT2D eigenvalue weighted by Gasteiger charge is 2.14. The zero-order valence-electron chi connectivity index (χ0n) is 9.51. The molecule has 0 saturated heterocycles. The maximum atomic E-state index is 11.6. The average molecular weight is 243 g/mol. The highest BCUT2D eigenvalue weighted by molar-refractivity contribution is 7.89. The van der Waals surface area contributed by atoms with Gasteiger partial charge in [-0.05, 0) is 12.5 Å². The predicted octanol–water partition coefficient (Wildman–Crippen LogP) is 1.14. The van der Waals surface area contributed by atoms with Crippen molar-refractivity contribution in [2.24, 2.45) is 0 Å². The number of ether oxygens (including phenoxy) is 1. The molecule has 0 fully saturated rings. The quantitative estimate of drug-likeness (QED) is 0.815.